The van der Waals surface area contributed by atoms with Crippen LogP contribution in [0.5, 0.6) is 0 Å². The summed E-state index contributed by atoms with van der Waals surface area (Å²) in [7, 11) is 0. The predicted molar refractivity (Wildman–Crippen MR) is 94.1 cm³/mol. The number of aliphatic hydroxyl groups excluding tert-OH is 1. The number of nitrogens with zero attached hydrogens (tertiary/aromatic N) is 1. The van der Waals surface area contributed by atoms with Crippen LogP contribution in [0.1, 0.15) is 24.0 Å². The Morgan fingerprint density at radius 1 is 0.957 bits per heavy atom. The lowest BCUT2D eigenvalue weighted by Crippen LogP contribution is -2.22. The molecule has 23 heavy (non-hydrogen) atoms. The summed E-state index contributed by atoms with van der Waals surface area (Å²) in [5, 5.41) is 9.75. The lowest BCUT2D eigenvalue weighted by atomic mass is 9.99. The average molecular weight is 307 g/mol. The zero-order valence-corrected chi connectivity index (χ0v) is 13.8. The quantitative estimate of drug-likeness (QED) is 0.930. The maximum Gasteiger partial charge on any atom is 0.0546 e. The highest BCUT2D eigenvalue weighted by Gasteiger charge is 2.39. The van der Waals surface area contributed by atoms with Gasteiger partial charge in [-0.15, -0.1) is 0 Å². The molecule has 0 aromatic heterocycles. The second-order valence-corrected chi connectivity index (χ2v) is 7.35. The topological polar surface area (TPSA) is 23.5 Å². The average Bonchev–Trinajstić information content (AvgIpc) is 3.05. The molecule has 1 aliphatic heterocycles. The first-order valence-electron chi connectivity index (χ1n) is 8.74. The standard InChI is InChI=1S/C21H25NO/c1-15-4-2-3-5-21(15)17-8-6-16(7-9-17)12-22-13-18-10-20(23)11-19(18)14-22/h2-9,18-20,23H,10-14H2,1H3/t18-,19+,20?. The minimum atomic E-state index is -0.0412. The van der Waals surface area contributed by atoms with Crippen molar-refractivity contribution in [3.63, 3.8) is 0 Å². The Balaban J connectivity index is 1.43. The molecule has 1 unspecified atom stereocenters. The van der Waals surface area contributed by atoms with Crippen molar-refractivity contribution in [1.82, 2.24) is 4.90 Å². The Hall–Kier alpha value is -1.64. The van der Waals surface area contributed by atoms with Crippen LogP contribution >= 0.6 is 0 Å². The normalized spacial score (nSPS) is 27.3. The molecular weight excluding hydrogens is 282 g/mol. The van der Waals surface area contributed by atoms with E-state index in [1.807, 2.05) is 0 Å². The van der Waals surface area contributed by atoms with Gasteiger partial charge in [-0.05, 0) is 53.9 Å². The maximum absolute atomic E-state index is 9.75. The molecule has 2 nitrogen and oxygen atoms in total. The number of likely N-dealkylation sites (tertiary alicyclic amines) is 1. The molecule has 2 aromatic carbocycles. The lowest BCUT2D eigenvalue weighted by molar-refractivity contribution is 0.161. The van der Waals surface area contributed by atoms with Crippen molar-refractivity contribution < 1.29 is 5.11 Å². The highest BCUT2D eigenvalue weighted by molar-refractivity contribution is 5.67. The Kier molecular flexibility index (Phi) is 3.96. The second-order valence-electron chi connectivity index (χ2n) is 7.35. The second kappa shape index (κ2) is 6.10. The first-order valence-corrected chi connectivity index (χ1v) is 8.74. The Bertz CT molecular complexity index is 664. The van der Waals surface area contributed by atoms with E-state index in [2.05, 4.69) is 60.4 Å². The molecule has 1 heterocycles. The van der Waals surface area contributed by atoms with E-state index in [-0.39, 0.29) is 6.10 Å². The van der Waals surface area contributed by atoms with Crippen molar-refractivity contribution >= 4 is 0 Å². The molecule has 0 amide bonds. The number of rotatable bonds is 3. The summed E-state index contributed by atoms with van der Waals surface area (Å²) in [5.74, 6) is 1.44. The molecule has 2 aliphatic rings. The molecule has 0 bridgehead atoms. The van der Waals surface area contributed by atoms with Gasteiger partial charge in [0.2, 0.25) is 0 Å². The molecule has 4 rings (SSSR count). The van der Waals surface area contributed by atoms with Crippen LogP contribution in [0.15, 0.2) is 48.5 Å². The van der Waals surface area contributed by atoms with Crippen LogP contribution in [0.3, 0.4) is 0 Å². The van der Waals surface area contributed by atoms with E-state index in [1.54, 1.807) is 0 Å². The number of aryl methyl sites for hydroxylation is 1. The number of hydrogen-bond acceptors (Lipinski definition) is 2. The van der Waals surface area contributed by atoms with Gasteiger partial charge in [0.25, 0.3) is 0 Å². The molecule has 1 aliphatic carbocycles. The largest absolute Gasteiger partial charge is 0.393 e. The van der Waals surface area contributed by atoms with Crippen molar-refractivity contribution in [2.45, 2.75) is 32.4 Å². The molecule has 0 radical (unpaired) electrons. The molecule has 2 fully saturated rings. The first-order chi connectivity index (χ1) is 11.2. The molecule has 2 heteroatoms. The Morgan fingerprint density at radius 2 is 1.61 bits per heavy atom. The third kappa shape index (κ3) is 3.06. The van der Waals surface area contributed by atoms with Crippen molar-refractivity contribution in [2.24, 2.45) is 11.8 Å². The zero-order chi connectivity index (χ0) is 15.8. The molecule has 0 spiro atoms. The fourth-order valence-electron chi connectivity index (χ4n) is 4.44. The van der Waals surface area contributed by atoms with Crippen molar-refractivity contribution in [3.8, 4) is 11.1 Å². The van der Waals surface area contributed by atoms with Crippen LogP contribution in [-0.4, -0.2) is 29.2 Å². The highest BCUT2D eigenvalue weighted by atomic mass is 16.3. The molecule has 1 N–H and O–H groups in total. The molecule has 1 saturated heterocycles. The zero-order valence-electron chi connectivity index (χ0n) is 13.8. The monoisotopic (exact) mass is 307 g/mol. The summed E-state index contributed by atoms with van der Waals surface area (Å²) in [4.78, 5) is 2.56. The number of fused-ring (bicyclic) bond motifs is 1. The highest BCUT2D eigenvalue weighted by Crippen LogP contribution is 2.38. The van der Waals surface area contributed by atoms with Crippen LogP contribution in [0.4, 0.5) is 0 Å². The fraction of sp³-hybridized carbons (Fsp3) is 0.429. The number of aliphatic hydroxyl groups is 1. The van der Waals surface area contributed by atoms with Crippen LogP contribution in [0.25, 0.3) is 11.1 Å². The van der Waals surface area contributed by atoms with E-state index in [4.69, 9.17) is 0 Å². The van der Waals surface area contributed by atoms with E-state index < -0.39 is 0 Å². The van der Waals surface area contributed by atoms with E-state index >= 15 is 0 Å². The SMILES string of the molecule is Cc1ccccc1-c1ccc(CN2C[C@H]3CC(O)C[C@H]3C2)cc1. The van der Waals surface area contributed by atoms with Gasteiger partial charge in [0.05, 0.1) is 6.10 Å². The third-order valence-electron chi connectivity index (χ3n) is 5.62. The minimum absolute atomic E-state index is 0.0412. The smallest absolute Gasteiger partial charge is 0.0546 e. The summed E-state index contributed by atoms with van der Waals surface area (Å²) < 4.78 is 0. The number of benzene rings is 2. The Labute approximate surface area is 138 Å². The van der Waals surface area contributed by atoms with Crippen LogP contribution in [0, 0.1) is 18.8 Å². The van der Waals surface area contributed by atoms with Crippen LogP contribution < -0.4 is 0 Å². The minimum Gasteiger partial charge on any atom is -0.393 e. The van der Waals surface area contributed by atoms with Gasteiger partial charge >= 0.3 is 0 Å². The van der Waals surface area contributed by atoms with Gasteiger partial charge in [0.1, 0.15) is 0 Å². The predicted octanol–water partition coefficient (Wildman–Crippen LogP) is 3.86. The fourth-order valence-corrected chi connectivity index (χ4v) is 4.44. The van der Waals surface area contributed by atoms with Gasteiger partial charge in [-0.3, -0.25) is 4.90 Å². The van der Waals surface area contributed by atoms with Gasteiger partial charge in [0.15, 0.2) is 0 Å². The van der Waals surface area contributed by atoms with Gasteiger partial charge in [-0.25, -0.2) is 0 Å². The van der Waals surface area contributed by atoms with Crippen molar-refractivity contribution in [3.05, 3.63) is 59.7 Å². The van der Waals surface area contributed by atoms with E-state index in [0.29, 0.717) is 0 Å². The van der Waals surface area contributed by atoms with E-state index in [0.717, 1.165) is 44.3 Å². The molecule has 3 atom stereocenters. The van der Waals surface area contributed by atoms with Gasteiger partial charge in [-0.2, -0.15) is 0 Å². The summed E-state index contributed by atoms with van der Waals surface area (Å²) in [6.45, 7) is 5.51. The van der Waals surface area contributed by atoms with Crippen molar-refractivity contribution in [1.29, 1.82) is 0 Å². The van der Waals surface area contributed by atoms with Crippen molar-refractivity contribution in [2.75, 3.05) is 13.1 Å². The summed E-state index contributed by atoms with van der Waals surface area (Å²) >= 11 is 0. The van der Waals surface area contributed by atoms with E-state index in [9.17, 15) is 5.11 Å². The number of hydrogen-bond donors (Lipinski definition) is 1. The van der Waals surface area contributed by atoms with Crippen LogP contribution in [-0.2, 0) is 6.54 Å². The van der Waals surface area contributed by atoms with Gasteiger partial charge in [-0.1, -0.05) is 48.5 Å². The summed E-state index contributed by atoms with van der Waals surface area (Å²) in [6, 6.07) is 17.6. The van der Waals surface area contributed by atoms with Crippen LogP contribution in [0.2, 0.25) is 0 Å². The third-order valence-corrected chi connectivity index (χ3v) is 5.62. The van der Waals surface area contributed by atoms with E-state index in [1.165, 1.54) is 22.3 Å². The maximum atomic E-state index is 9.75. The molecular formula is C21H25NO. The summed E-state index contributed by atoms with van der Waals surface area (Å²) in [6.07, 6.45) is 1.97. The molecule has 2 aromatic rings. The summed E-state index contributed by atoms with van der Waals surface area (Å²) in [5.41, 5.74) is 5.34. The van der Waals surface area contributed by atoms with Gasteiger partial charge in [0, 0.05) is 19.6 Å². The first kappa shape index (κ1) is 14.9. The molecule has 1 saturated carbocycles. The lowest BCUT2D eigenvalue weighted by Gasteiger charge is -2.18. The van der Waals surface area contributed by atoms with Gasteiger partial charge < -0.3 is 5.11 Å². The molecule has 120 valence electrons. The Morgan fingerprint density at radius 3 is 2.26 bits per heavy atom.